The number of benzene rings is 2. The van der Waals surface area contributed by atoms with Crippen molar-refractivity contribution in [1.29, 1.82) is 0 Å². The van der Waals surface area contributed by atoms with Gasteiger partial charge >= 0.3 is 0 Å². The van der Waals surface area contributed by atoms with Gasteiger partial charge in [0.15, 0.2) is 5.78 Å². The lowest BCUT2D eigenvalue weighted by Gasteiger charge is -2.33. The highest BCUT2D eigenvalue weighted by molar-refractivity contribution is 7.92. The van der Waals surface area contributed by atoms with E-state index in [9.17, 15) is 13.2 Å². The van der Waals surface area contributed by atoms with Crippen molar-refractivity contribution in [3.63, 3.8) is 0 Å². The minimum atomic E-state index is -4.04. The van der Waals surface area contributed by atoms with E-state index in [1.807, 2.05) is 24.3 Å². The molecule has 0 fully saturated rings. The number of allylic oxidation sites excluding steroid dienone is 1. The third-order valence-corrected chi connectivity index (χ3v) is 8.10. The molecule has 0 amide bonds. The number of furan rings is 1. The highest BCUT2D eigenvalue weighted by Crippen LogP contribution is 2.47. The van der Waals surface area contributed by atoms with Crippen LogP contribution in [0.3, 0.4) is 0 Å². The van der Waals surface area contributed by atoms with Gasteiger partial charge in [-0.1, -0.05) is 38.1 Å². The van der Waals surface area contributed by atoms with Crippen LogP contribution in [0.15, 0.2) is 87.5 Å². The van der Waals surface area contributed by atoms with E-state index in [1.54, 1.807) is 36.4 Å². The molecule has 0 radical (unpaired) electrons. The summed E-state index contributed by atoms with van der Waals surface area (Å²) in [5.74, 6) is 0.639. The summed E-state index contributed by atoms with van der Waals surface area (Å²) in [4.78, 5) is 13.4. The van der Waals surface area contributed by atoms with Crippen molar-refractivity contribution in [3.05, 3.63) is 89.5 Å². The minimum Gasteiger partial charge on any atom is -0.467 e. The van der Waals surface area contributed by atoms with E-state index in [0.29, 0.717) is 35.5 Å². The Kier molecular flexibility index (Phi) is 5.37. The Morgan fingerprint density at radius 1 is 1.00 bits per heavy atom. The van der Waals surface area contributed by atoms with Crippen LogP contribution in [0.4, 0.5) is 11.4 Å². The second-order valence-electron chi connectivity index (χ2n) is 8.75. The van der Waals surface area contributed by atoms with Crippen LogP contribution in [0.5, 0.6) is 0 Å². The first-order chi connectivity index (χ1) is 15.9. The third kappa shape index (κ3) is 3.66. The molecule has 0 bridgehead atoms. The van der Waals surface area contributed by atoms with Gasteiger partial charge in [0, 0.05) is 17.7 Å². The number of sulfonamides is 1. The molecule has 2 aromatic carbocycles. The summed E-state index contributed by atoms with van der Waals surface area (Å²) in [5.41, 5.74) is 3.40. The number of Topliss-reactive ketones (excluding diaryl/α,β-unsaturated/α-hetero) is 1. The lowest BCUT2D eigenvalue weighted by Crippen LogP contribution is -2.37. The fourth-order valence-electron chi connectivity index (χ4n) is 4.61. The van der Waals surface area contributed by atoms with Crippen LogP contribution in [0, 0.1) is 0 Å². The van der Waals surface area contributed by atoms with E-state index in [1.165, 1.54) is 10.6 Å². The number of para-hydroxylation sites is 2. The molecule has 1 N–H and O–H groups in total. The van der Waals surface area contributed by atoms with Gasteiger partial charge in [-0.25, -0.2) is 12.7 Å². The van der Waals surface area contributed by atoms with Crippen molar-refractivity contribution >= 4 is 27.2 Å². The number of fused-ring (bicyclic) bond motifs is 1. The highest BCUT2D eigenvalue weighted by atomic mass is 32.2. The number of nitrogens with one attached hydrogen (secondary N) is 1. The zero-order valence-electron chi connectivity index (χ0n) is 18.6. The number of ketones is 1. The number of carbonyl (C=O) groups is 1. The Morgan fingerprint density at radius 2 is 1.76 bits per heavy atom. The van der Waals surface area contributed by atoms with Gasteiger partial charge in [0.2, 0.25) is 0 Å². The van der Waals surface area contributed by atoms with Crippen molar-refractivity contribution in [1.82, 2.24) is 0 Å². The van der Waals surface area contributed by atoms with Crippen molar-refractivity contribution in [2.24, 2.45) is 0 Å². The molecule has 170 valence electrons. The average Bonchev–Trinajstić information content (AvgIpc) is 3.28. The van der Waals surface area contributed by atoms with Crippen LogP contribution >= 0.6 is 0 Å². The van der Waals surface area contributed by atoms with Gasteiger partial charge in [-0.2, -0.15) is 0 Å². The van der Waals surface area contributed by atoms with Gasteiger partial charge in [0.1, 0.15) is 11.8 Å². The Labute approximate surface area is 194 Å². The number of hydrogen-bond acceptors (Lipinski definition) is 5. The van der Waals surface area contributed by atoms with Gasteiger partial charge in [-0.15, -0.1) is 0 Å². The molecule has 1 atom stereocenters. The number of hydrogen-bond donors (Lipinski definition) is 1. The molecule has 6 nitrogen and oxygen atoms in total. The van der Waals surface area contributed by atoms with E-state index < -0.39 is 16.1 Å². The molecule has 2 aliphatic rings. The predicted octanol–water partition coefficient (Wildman–Crippen LogP) is 5.77. The van der Waals surface area contributed by atoms with Crippen LogP contribution in [-0.2, 0) is 14.8 Å². The van der Waals surface area contributed by atoms with E-state index in [0.717, 1.165) is 17.7 Å². The van der Waals surface area contributed by atoms with Gasteiger partial charge in [-0.3, -0.25) is 4.79 Å². The minimum absolute atomic E-state index is 0.0617. The molecule has 3 aromatic rings. The number of nitrogens with zero attached hydrogens (tertiary/aromatic N) is 1. The summed E-state index contributed by atoms with van der Waals surface area (Å²) in [7, 11) is -4.04. The summed E-state index contributed by atoms with van der Waals surface area (Å²) in [6.45, 7) is 4.13. The van der Waals surface area contributed by atoms with E-state index in [2.05, 4.69) is 19.2 Å². The molecule has 0 unspecified atom stereocenters. The molecule has 33 heavy (non-hydrogen) atoms. The second-order valence-corrected chi connectivity index (χ2v) is 10.6. The van der Waals surface area contributed by atoms with Gasteiger partial charge in [0.05, 0.1) is 22.5 Å². The fourth-order valence-corrected chi connectivity index (χ4v) is 6.22. The van der Waals surface area contributed by atoms with E-state index in [4.69, 9.17) is 4.42 Å². The first-order valence-corrected chi connectivity index (χ1v) is 12.6. The molecule has 7 heteroatoms. The molecular weight excluding hydrogens is 436 g/mol. The van der Waals surface area contributed by atoms with Crippen LogP contribution in [0.2, 0.25) is 0 Å². The molecule has 5 rings (SSSR count). The quantitative estimate of drug-likeness (QED) is 0.532. The SMILES string of the molecule is CC(C)c1ccc(S(=O)(=O)N2c3ccccc3NC3=C(C(=O)CCC3)[C@H]2c2ccco2)cc1. The van der Waals surface area contributed by atoms with E-state index >= 15 is 0 Å². The zero-order valence-corrected chi connectivity index (χ0v) is 19.4. The van der Waals surface area contributed by atoms with Gasteiger partial charge in [0.25, 0.3) is 10.0 Å². The standard InChI is InChI=1S/C26H26N2O4S/c1-17(2)18-12-14-19(15-13-18)33(30,31)28-22-9-4-3-7-20(22)27-21-8-5-10-23(29)25(21)26(28)24-11-6-16-32-24/h3-4,6-7,9,11-17,26-27H,5,8,10H2,1-2H3/t26-/m1/s1. The normalized spacial score (nSPS) is 18.6. The third-order valence-electron chi connectivity index (χ3n) is 6.31. The summed E-state index contributed by atoms with van der Waals surface area (Å²) in [5, 5.41) is 3.37. The molecule has 1 aliphatic heterocycles. The smallest absolute Gasteiger partial charge is 0.265 e. The Morgan fingerprint density at radius 3 is 2.45 bits per heavy atom. The van der Waals surface area contributed by atoms with E-state index in [-0.39, 0.29) is 16.6 Å². The molecule has 1 aliphatic carbocycles. The summed E-state index contributed by atoms with van der Waals surface area (Å²) >= 11 is 0. The van der Waals surface area contributed by atoms with Crippen molar-refractivity contribution < 1.29 is 17.6 Å². The van der Waals surface area contributed by atoms with Crippen LogP contribution < -0.4 is 9.62 Å². The largest absolute Gasteiger partial charge is 0.467 e. The first kappa shape index (κ1) is 21.5. The lowest BCUT2D eigenvalue weighted by atomic mass is 9.89. The maximum atomic E-state index is 14.2. The number of anilines is 2. The summed E-state index contributed by atoms with van der Waals surface area (Å²) in [6.07, 6.45) is 3.28. The monoisotopic (exact) mass is 462 g/mol. The highest BCUT2D eigenvalue weighted by Gasteiger charge is 2.43. The molecular formula is C26H26N2O4S. The second kappa shape index (κ2) is 8.23. The predicted molar refractivity (Wildman–Crippen MR) is 128 cm³/mol. The summed E-state index contributed by atoms with van der Waals surface area (Å²) < 4.78 is 35.5. The summed E-state index contributed by atoms with van der Waals surface area (Å²) in [6, 6.07) is 16.8. The average molecular weight is 463 g/mol. The molecule has 0 saturated carbocycles. The lowest BCUT2D eigenvalue weighted by molar-refractivity contribution is -0.116. The zero-order chi connectivity index (χ0) is 23.2. The van der Waals surface area contributed by atoms with Gasteiger partial charge < -0.3 is 9.73 Å². The maximum absolute atomic E-state index is 14.2. The maximum Gasteiger partial charge on any atom is 0.265 e. The number of carbonyl (C=O) groups excluding carboxylic acids is 1. The van der Waals surface area contributed by atoms with Crippen LogP contribution in [-0.4, -0.2) is 14.2 Å². The molecule has 2 heterocycles. The molecule has 1 aromatic heterocycles. The van der Waals surface area contributed by atoms with Crippen LogP contribution in [0.1, 0.15) is 56.4 Å². The van der Waals surface area contributed by atoms with Crippen molar-refractivity contribution in [2.45, 2.75) is 50.0 Å². The van der Waals surface area contributed by atoms with Crippen LogP contribution in [0.25, 0.3) is 0 Å². The Balaban J connectivity index is 1.77. The topological polar surface area (TPSA) is 79.6 Å². The molecule has 0 spiro atoms. The number of rotatable bonds is 4. The van der Waals surface area contributed by atoms with Crippen molar-refractivity contribution in [2.75, 3.05) is 9.62 Å². The van der Waals surface area contributed by atoms with Crippen molar-refractivity contribution in [3.8, 4) is 0 Å². The Hall–Kier alpha value is -3.32. The first-order valence-electron chi connectivity index (χ1n) is 11.2. The van der Waals surface area contributed by atoms with Gasteiger partial charge in [-0.05, 0) is 60.7 Å². The fraction of sp³-hybridized carbons (Fsp3) is 0.269. The molecule has 0 saturated heterocycles. The Bertz CT molecular complexity index is 1320.